The molecule has 2 amide bonds. The molecule has 1 aliphatic heterocycles. The summed E-state index contributed by atoms with van der Waals surface area (Å²) in [7, 11) is 1.71. The summed E-state index contributed by atoms with van der Waals surface area (Å²) in [6.07, 6.45) is 1.20. The van der Waals surface area contributed by atoms with Crippen LogP contribution in [-0.4, -0.2) is 37.1 Å². The number of amides is 2. The van der Waals surface area contributed by atoms with Crippen molar-refractivity contribution in [3.63, 3.8) is 0 Å². The van der Waals surface area contributed by atoms with Crippen LogP contribution < -0.4 is 4.90 Å². The molecule has 1 saturated heterocycles. The molecule has 0 N–H and O–H groups in total. The minimum absolute atomic E-state index is 0.134. The number of furan rings is 1. The highest BCUT2D eigenvalue weighted by molar-refractivity contribution is 5.97. The summed E-state index contributed by atoms with van der Waals surface area (Å²) >= 11 is 0. The molecule has 0 atom stereocenters. The van der Waals surface area contributed by atoms with Crippen LogP contribution in [0.25, 0.3) is 0 Å². The molecule has 0 radical (unpaired) electrons. The fourth-order valence-electron chi connectivity index (χ4n) is 2.36. The van der Waals surface area contributed by atoms with Crippen LogP contribution in [0.3, 0.4) is 0 Å². The van der Waals surface area contributed by atoms with Crippen molar-refractivity contribution in [1.29, 1.82) is 0 Å². The SMILES string of the molecule is CN(Cc1ccco1)C(=O)c1cccc(N2CCOC2=O)c1. The molecule has 1 aromatic carbocycles. The van der Waals surface area contributed by atoms with E-state index in [9.17, 15) is 9.59 Å². The number of benzene rings is 1. The molecule has 0 bridgehead atoms. The molecule has 22 heavy (non-hydrogen) atoms. The lowest BCUT2D eigenvalue weighted by Crippen LogP contribution is -2.27. The molecule has 1 aromatic heterocycles. The number of ether oxygens (including phenoxy) is 1. The maximum absolute atomic E-state index is 12.5. The van der Waals surface area contributed by atoms with E-state index in [1.807, 2.05) is 6.07 Å². The Morgan fingerprint density at radius 1 is 1.32 bits per heavy atom. The summed E-state index contributed by atoms with van der Waals surface area (Å²) in [5.41, 5.74) is 1.19. The molecule has 2 heterocycles. The number of hydrogen-bond acceptors (Lipinski definition) is 4. The van der Waals surface area contributed by atoms with Crippen molar-refractivity contribution in [3.05, 3.63) is 54.0 Å². The predicted molar refractivity (Wildman–Crippen MR) is 79.6 cm³/mol. The number of carbonyl (C=O) groups excluding carboxylic acids is 2. The Balaban J connectivity index is 1.76. The molecule has 6 heteroatoms. The molecule has 114 valence electrons. The standard InChI is InChI=1S/C16H16N2O4/c1-17(11-14-6-3-8-21-14)15(19)12-4-2-5-13(10-12)18-7-9-22-16(18)20/h2-6,8,10H,7,9,11H2,1H3. The van der Waals surface area contributed by atoms with E-state index in [1.165, 1.54) is 4.90 Å². The van der Waals surface area contributed by atoms with Gasteiger partial charge in [-0.25, -0.2) is 4.79 Å². The van der Waals surface area contributed by atoms with E-state index in [0.717, 1.165) is 5.76 Å². The van der Waals surface area contributed by atoms with Crippen molar-refractivity contribution in [1.82, 2.24) is 4.90 Å². The first-order chi connectivity index (χ1) is 10.6. The first kappa shape index (κ1) is 14.2. The lowest BCUT2D eigenvalue weighted by molar-refractivity contribution is 0.0775. The van der Waals surface area contributed by atoms with Gasteiger partial charge in [0.1, 0.15) is 12.4 Å². The average molecular weight is 300 g/mol. The molecule has 0 aliphatic carbocycles. The van der Waals surface area contributed by atoms with Gasteiger partial charge in [-0.05, 0) is 30.3 Å². The molecular formula is C16H16N2O4. The van der Waals surface area contributed by atoms with E-state index < -0.39 is 0 Å². The predicted octanol–water partition coefficient (Wildman–Crippen LogP) is 2.51. The van der Waals surface area contributed by atoms with Crippen molar-refractivity contribution >= 4 is 17.7 Å². The lowest BCUT2D eigenvalue weighted by Gasteiger charge is -2.18. The quantitative estimate of drug-likeness (QED) is 0.870. The van der Waals surface area contributed by atoms with Crippen molar-refractivity contribution in [3.8, 4) is 0 Å². The number of hydrogen-bond donors (Lipinski definition) is 0. The number of rotatable bonds is 4. The zero-order chi connectivity index (χ0) is 15.5. The van der Waals surface area contributed by atoms with E-state index in [-0.39, 0.29) is 12.0 Å². The van der Waals surface area contributed by atoms with E-state index in [0.29, 0.717) is 30.9 Å². The second-order valence-corrected chi connectivity index (χ2v) is 5.06. The van der Waals surface area contributed by atoms with Crippen LogP contribution in [0.1, 0.15) is 16.1 Å². The third-order valence-electron chi connectivity index (χ3n) is 3.49. The summed E-state index contributed by atoms with van der Waals surface area (Å²) in [6.45, 7) is 1.26. The van der Waals surface area contributed by atoms with Crippen LogP contribution in [-0.2, 0) is 11.3 Å². The van der Waals surface area contributed by atoms with Crippen LogP contribution in [0.2, 0.25) is 0 Å². The van der Waals surface area contributed by atoms with Gasteiger partial charge in [-0.15, -0.1) is 0 Å². The first-order valence-electron chi connectivity index (χ1n) is 6.97. The molecular weight excluding hydrogens is 284 g/mol. The molecule has 1 fully saturated rings. The van der Waals surface area contributed by atoms with E-state index in [4.69, 9.17) is 9.15 Å². The van der Waals surface area contributed by atoms with Gasteiger partial charge in [0.2, 0.25) is 0 Å². The van der Waals surface area contributed by atoms with Crippen molar-refractivity contribution in [2.45, 2.75) is 6.54 Å². The Bertz CT molecular complexity index is 681. The smallest absolute Gasteiger partial charge is 0.414 e. The highest BCUT2D eigenvalue weighted by Crippen LogP contribution is 2.21. The normalized spacial score (nSPS) is 14.0. The van der Waals surface area contributed by atoms with E-state index >= 15 is 0 Å². The Morgan fingerprint density at radius 3 is 2.86 bits per heavy atom. The summed E-state index contributed by atoms with van der Waals surface area (Å²) in [4.78, 5) is 27.2. The Hall–Kier alpha value is -2.76. The summed E-state index contributed by atoms with van der Waals surface area (Å²) in [5, 5.41) is 0. The van der Waals surface area contributed by atoms with Gasteiger partial charge in [0, 0.05) is 18.3 Å². The second kappa shape index (κ2) is 5.93. The Morgan fingerprint density at radius 2 is 2.18 bits per heavy atom. The lowest BCUT2D eigenvalue weighted by atomic mass is 10.1. The van der Waals surface area contributed by atoms with Gasteiger partial charge in [-0.2, -0.15) is 0 Å². The fourth-order valence-corrected chi connectivity index (χ4v) is 2.36. The molecule has 1 aliphatic rings. The van der Waals surface area contributed by atoms with Crippen molar-refractivity contribution < 1.29 is 18.7 Å². The highest BCUT2D eigenvalue weighted by atomic mass is 16.6. The van der Waals surface area contributed by atoms with Gasteiger partial charge >= 0.3 is 6.09 Å². The summed E-state index contributed by atoms with van der Waals surface area (Å²) in [6, 6.07) is 10.6. The van der Waals surface area contributed by atoms with E-state index in [1.54, 1.807) is 48.5 Å². The zero-order valence-electron chi connectivity index (χ0n) is 12.2. The molecule has 0 unspecified atom stereocenters. The molecule has 6 nitrogen and oxygen atoms in total. The van der Waals surface area contributed by atoms with Gasteiger partial charge in [0.05, 0.1) is 19.4 Å². The van der Waals surface area contributed by atoms with Crippen molar-refractivity contribution in [2.24, 2.45) is 0 Å². The number of anilines is 1. The topological polar surface area (TPSA) is 63.0 Å². The zero-order valence-corrected chi connectivity index (χ0v) is 12.2. The minimum Gasteiger partial charge on any atom is -0.467 e. The number of carbonyl (C=O) groups is 2. The third kappa shape index (κ3) is 2.81. The minimum atomic E-state index is -0.381. The average Bonchev–Trinajstić information content (AvgIpc) is 3.18. The van der Waals surface area contributed by atoms with Gasteiger partial charge < -0.3 is 14.1 Å². The van der Waals surface area contributed by atoms with Gasteiger partial charge in [0.15, 0.2) is 0 Å². The number of nitrogens with zero attached hydrogens (tertiary/aromatic N) is 2. The summed E-state index contributed by atoms with van der Waals surface area (Å²) in [5.74, 6) is 0.584. The maximum atomic E-state index is 12.5. The van der Waals surface area contributed by atoms with Gasteiger partial charge in [-0.3, -0.25) is 9.69 Å². The monoisotopic (exact) mass is 300 g/mol. The second-order valence-electron chi connectivity index (χ2n) is 5.06. The highest BCUT2D eigenvalue weighted by Gasteiger charge is 2.24. The molecule has 2 aromatic rings. The number of cyclic esters (lactones) is 1. The van der Waals surface area contributed by atoms with Crippen LogP contribution in [0, 0.1) is 0 Å². The fraction of sp³-hybridized carbons (Fsp3) is 0.250. The van der Waals surface area contributed by atoms with Crippen LogP contribution in [0.5, 0.6) is 0 Å². The third-order valence-corrected chi connectivity index (χ3v) is 3.49. The largest absolute Gasteiger partial charge is 0.467 e. The maximum Gasteiger partial charge on any atom is 0.414 e. The molecule has 3 rings (SSSR count). The van der Waals surface area contributed by atoms with Crippen molar-refractivity contribution in [2.75, 3.05) is 25.1 Å². The Kier molecular flexibility index (Phi) is 3.82. The van der Waals surface area contributed by atoms with Crippen LogP contribution in [0.15, 0.2) is 47.1 Å². The van der Waals surface area contributed by atoms with Gasteiger partial charge in [-0.1, -0.05) is 6.07 Å². The van der Waals surface area contributed by atoms with Gasteiger partial charge in [0.25, 0.3) is 5.91 Å². The molecule has 0 saturated carbocycles. The molecule has 0 spiro atoms. The first-order valence-corrected chi connectivity index (χ1v) is 6.97. The van der Waals surface area contributed by atoms with Crippen LogP contribution in [0.4, 0.5) is 10.5 Å². The van der Waals surface area contributed by atoms with Crippen LogP contribution >= 0.6 is 0 Å². The Labute approximate surface area is 127 Å². The van der Waals surface area contributed by atoms with E-state index in [2.05, 4.69) is 0 Å². The summed E-state index contributed by atoms with van der Waals surface area (Å²) < 4.78 is 10.2.